The molecule has 1 aliphatic heterocycles. The van der Waals surface area contributed by atoms with Gasteiger partial charge in [0.2, 0.25) is 0 Å². The van der Waals surface area contributed by atoms with Crippen LogP contribution in [0.1, 0.15) is 17.1 Å². The summed E-state index contributed by atoms with van der Waals surface area (Å²) in [6.07, 6.45) is 1.09. The normalized spacial score (nSPS) is 14.3. The van der Waals surface area contributed by atoms with Gasteiger partial charge in [0.1, 0.15) is 5.01 Å². The molecule has 1 aromatic carbocycles. The van der Waals surface area contributed by atoms with Gasteiger partial charge in [0, 0.05) is 20.2 Å². The molecular formula is C16H20N4OS. The number of nitrogens with one attached hydrogen (secondary N) is 2. The zero-order chi connectivity index (χ0) is 15.2. The molecule has 2 heterocycles. The second-order valence-electron chi connectivity index (χ2n) is 5.05. The van der Waals surface area contributed by atoms with Crippen LogP contribution in [0, 0.1) is 0 Å². The number of thiazole rings is 1. The lowest BCUT2D eigenvalue weighted by atomic mass is 10.1. The summed E-state index contributed by atoms with van der Waals surface area (Å²) in [5.74, 6) is 0.867. The number of rotatable bonds is 5. The third-order valence-electron chi connectivity index (χ3n) is 3.37. The first-order valence-electron chi connectivity index (χ1n) is 7.42. The second-order valence-corrected chi connectivity index (χ2v) is 6.13. The van der Waals surface area contributed by atoms with Crippen LogP contribution in [0.2, 0.25) is 0 Å². The van der Waals surface area contributed by atoms with Crippen molar-refractivity contribution in [3.63, 3.8) is 0 Å². The Kier molecular flexibility index (Phi) is 5.03. The molecule has 0 spiro atoms. The summed E-state index contributed by atoms with van der Waals surface area (Å²) >= 11 is 1.69. The van der Waals surface area contributed by atoms with E-state index in [0.29, 0.717) is 13.2 Å². The number of aromatic nitrogens is 1. The van der Waals surface area contributed by atoms with Crippen molar-refractivity contribution < 1.29 is 4.74 Å². The molecule has 6 heteroatoms. The predicted molar refractivity (Wildman–Crippen MR) is 90.0 cm³/mol. The van der Waals surface area contributed by atoms with Crippen molar-refractivity contribution in [3.8, 4) is 10.4 Å². The summed E-state index contributed by atoms with van der Waals surface area (Å²) in [5, 5.41) is 7.61. The van der Waals surface area contributed by atoms with E-state index < -0.39 is 0 Å². The van der Waals surface area contributed by atoms with Gasteiger partial charge in [-0.2, -0.15) is 0 Å². The molecule has 2 aromatic rings. The van der Waals surface area contributed by atoms with E-state index in [1.165, 1.54) is 10.4 Å². The number of ether oxygens (including phenoxy) is 1. The summed E-state index contributed by atoms with van der Waals surface area (Å²) in [7, 11) is 1.70. The van der Waals surface area contributed by atoms with E-state index in [9.17, 15) is 0 Å². The van der Waals surface area contributed by atoms with Crippen molar-refractivity contribution in [2.75, 3.05) is 20.2 Å². The summed E-state index contributed by atoms with van der Waals surface area (Å²) in [6.45, 7) is 3.07. The lowest BCUT2D eigenvalue weighted by Gasteiger charge is -2.15. The maximum atomic E-state index is 5.22. The minimum atomic E-state index is 0.545. The third-order valence-corrected chi connectivity index (χ3v) is 4.49. The van der Waals surface area contributed by atoms with E-state index in [1.54, 1.807) is 18.4 Å². The molecule has 3 rings (SSSR count). The van der Waals surface area contributed by atoms with Crippen LogP contribution in [0.4, 0.5) is 0 Å². The van der Waals surface area contributed by atoms with Crippen LogP contribution in [-0.2, 0) is 17.9 Å². The van der Waals surface area contributed by atoms with Crippen LogP contribution in [0.5, 0.6) is 0 Å². The van der Waals surface area contributed by atoms with Crippen molar-refractivity contribution in [2.45, 2.75) is 19.6 Å². The Morgan fingerprint density at radius 2 is 2.18 bits per heavy atom. The Morgan fingerprint density at radius 3 is 2.91 bits per heavy atom. The third kappa shape index (κ3) is 3.64. The van der Waals surface area contributed by atoms with Gasteiger partial charge in [0.05, 0.1) is 23.7 Å². The quantitative estimate of drug-likeness (QED) is 0.889. The van der Waals surface area contributed by atoms with Crippen molar-refractivity contribution in [2.24, 2.45) is 4.99 Å². The number of aliphatic imine (C=N–C) groups is 1. The Bertz CT molecular complexity index is 639. The van der Waals surface area contributed by atoms with Gasteiger partial charge in [-0.3, -0.25) is 4.99 Å². The SMILES string of the molecule is COCc1nc(CNC2=NCCCN2)c(-c2ccccc2)s1. The number of hydrogen-bond acceptors (Lipinski definition) is 6. The van der Waals surface area contributed by atoms with Crippen LogP contribution < -0.4 is 10.6 Å². The number of methoxy groups -OCH3 is 1. The molecular weight excluding hydrogens is 296 g/mol. The van der Waals surface area contributed by atoms with Crippen LogP contribution in [0.15, 0.2) is 35.3 Å². The van der Waals surface area contributed by atoms with Gasteiger partial charge in [-0.25, -0.2) is 4.98 Å². The molecule has 5 nitrogen and oxygen atoms in total. The lowest BCUT2D eigenvalue weighted by molar-refractivity contribution is 0.184. The zero-order valence-electron chi connectivity index (χ0n) is 12.6. The van der Waals surface area contributed by atoms with Gasteiger partial charge in [0.15, 0.2) is 5.96 Å². The van der Waals surface area contributed by atoms with Crippen molar-refractivity contribution in [3.05, 3.63) is 41.0 Å². The Hall–Kier alpha value is -1.92. The summed E-state index contributed by atoms with van der Waals surface area (Å²) in [6, 6.07) is 10.4. The minimum Gasteiger partial charge on any atom is -0.378 e. The summed E-state index contributed by atoms with van der Waals surface area (Å²) < 4.78 is 5.22. The predicted octanol–water partition coefficient (Wildman–Crippen LogP) is 2.40. The largest absolute Gasteiger partial charge is 0.378 e. The van der Waals surface area contributed by atoms with Crippen molar-refractivity contribution in [1.29, 1.82) is 0 Å². The fourth-order valence-electron chi connectivity index (χ4n) is 2.34. The van der Waals surface area contributed by atoms with Gasteiger partial charge in [0.25, 0.3) is 0 Å². The van der Waals surface area contributed by atoms with Gasteiger partial charge < -0.3 is 15.4 Å². The Balaban J connectivity index is 1.80. The molecule has 22 heavy (non-hydrogen) atoms. The van der Waals surface area contributed by atoms with E-state index in [0.717, 1.165) is 36.2 Å². The highest BCUT2D eigenvalue weighted by atomic mass is 32.1. The fourth-order valence-corrected chi connectivity index (χ4v) is 3.40. The first-order chi connectivity index (χ1) is 10.9. The maximum Gasteiger partial charge on any atom is 0.191 e. The monoisotopic (exact) mass is 316 g/mol. The maximum absolute atomic E-state index is 5.22. The molecule has 0 saturated heterocycles. The van der Waals surface area contributed by atoms with Crippen LogP contribution in [-0.4, -0.2) is 31.1 Å². The average molecular weight is 316 g/mol. The van der Waals surface area contributed by atoms with E-state index >= 15 is 0 Å². The molecule has 0 amide bonds. The molecule has 0 saturated carbocycles. The van der Waals surface area contributed by atoms with E-state index in [4.69, 9.17) is 9.72 Å². The highest BCUT2D eigenvalue weighted by Crippen LogP contribution is 2.30. The fraction of sp³-hybridized carbons (Fsp3) is 0.375. The topological polar surface area (TPSA) is 58.5 Å². The van der Waals surface area contributed by atoms with E-state index in [-0.39, 0.29) is 0 Å². The molecule has 0 atom stereocenters. The molecule has 1 aliphatic rings. The molecule has 0 bridgehead atoms. The van der Waals surface area contributed by atoms with Gasteiger partial charge in [-0.15, -0.1) is 11.3 Å². The Labute approximate surface area is 134 Å². The second kappa shape index (κ2) is 7.38. The summed E-state index contributed by atoms with van der Waals surface area (Å²) in [4.78, 5) is 10.3. The van der Waals surface area contributed by atoms with Gasteiger partial charge in [-0.05, 0) is 12.0 Å². The lowest BCUT2D eigenvalue weighted by Crippen LogP contribution is -2.40. The molecule has 116 valence electrons. The number of nitrogens with zero attached hydrogens (tertiary/aromatic N) is 2. The Morgan fingerprint density at radius 1 is 1.32 bits per heavy atom. The molecule has 0 fully saturated rings. The number of guanidine groups is 1. The van der Waals surface area contributed by atoms with E-state index in [1.807, 2.05) is 6.07 Å². The number of hydrogen-bond donors (Lipinski definition) is 2. The van der Waals surface area contributed by atoms with Crippen molar-refractivity contribution in [1.82, 2.24) is 15.6 Å². The molecule has 0 aliphatic carbocycles. The molecule has 0 radical (unpaired) electrons. The smallest absolute Gasteiger partial charge is 0.191 e. The van der Waals surface area contributed by atoms with Crippen LogP contribution in [0.25, 0.3) is 10.4 Å². The average Bonchev–Trinajstić information content (AvgIpc) is 2.98. The standard InChI is InChI=1S/C16H20N4OS/c1-21-11-14-20-13(10-19-16-17-8-5-9-18-16)15(22-14)12-6-3-2-4-7-12/h2-4,6-7H,5,8-11H2,1H3,(H2,17,18,19). The van der Waals surface area contributed by atoms with Gasteiger partial charge >= 0.3 is 0 Å². The van der Waals surface area contributed by atoms with Crippen LogP contribution in [0.3, 0.4) is 0 Å². The molecule has 1 aromatic heterocycles. The first kappa shape index (κ1) is 15.0. The van der Waals surface area contributed by atoms with E-state index in [2.05, 4.69) is 39.9 Å². The van der Waals surface area contributed by atoms with Crippen molar-refractivity contribution >= 4 is 17.3 Å². The van der Waals surface area contributed by atoms with Crippen LogP contribution >= 0.6 is 11.3 Å². The molecule has 0 unspecified atom stereocenters. The highest BCUT2D eigenvalue weighted by molar-refractivity contribution is 7.15. The minimum absolute atomic E-state index is 0.545. The number of benzene rings is 1. The zero-order valence-corrected chi connectivity index (χ0v) is 13.4. The van der Waals surface area contributed by atoms with Gasteiger partial charge in [-0.1, -0.05) is 30.3 Å². The molecule has 2 N–H and O–H groups in total. The highest BCUT2D eigenvalue weighted by Gasteiger charge is 2.14. The first-order valence-corrected chi connectivity index (χ1v) is 8.23. The summed E-state index contributed by atoms with van der Waals surface area (Å²) in [5.41, 5.74) is 2.23.